The maximum atomic E-state index is 12.5. The van der Waals surface area contributed by atoms with Gasteiger partial charge in [0, 0.05) is 5.92 Å². The molecular formula is C24H28O5S. The van der Waals surface area contributed by atoms with Crippen molar-refractivity contribution in [2.45, 2.75) is 49.8 Å². The summed E-state index contributed by atoms with van der Waals surface area (Å²) in [6, 6.07) is 20.2. The highest BCUT2D eigenvalue weighted by molar-refractivity contribution is 7.99. The molecule has 2 heterocycles. The van der Waals surface area contributed by atoms with E-state index in [-0.39, 0.29) is 35.6 Å². The molecular weight excluding hydrogens is 400 g/mol. The molecule has 0 amide bonds. The van der Waals surface area contributed by atoms with E-state index in [1.807, 2.05) is 48.5 Å². The van der Waals surface area contributed by atoms with Crippen LogP contribution in [0.5, 0.6) is 0 Å². The fourth-order valence-corrected chi connectivity index (χ4v) is 5.24. The van der Waals surface area contributed by atoms with E-state index in [0.29, 0.717) is 13.0 Å². The first-order valence-corrected chi connectivity index (χ1v) is 11.5. The molecule has 2 aliphatic heterocycles. The Bertz CT molecular complexity index is 815. The zero-order valence-electron chi connectivity index (χ0n) is 17.3. The van der Waals surface area contributed by atoms with Crippen LogP contribution in [0.1, 0.15) is 30.6 Å². The van der Waals surface area contributed by atoms with Gasteiger partial charge in [-0.25, -0.2) is 4.79 Å². The summed E-state index contributed by atoms with van der Waals surface area (Å²) in [7, 11) is 1.41. The summed E-state index contributed by atoms with van der Waals surface area (Å²) < 4.78 is 24.2. The van der Waals surface area contributed by atoms with Gasteiger partial charge in [-0.05, 0) is 23.3 Å². The number of esters is 1. The molecule has 0 bridgehead atoms. The van der Waals surface area contributed by atoms with Gasteiger partial charge in [0.2, 0.25) is 0 Å². The summed E-state index contributed by atoms with van der Waals surface area (Å²) in [4.78, 5) is 12.5. The van der Waals surface area contributed by atoms with Gasteiger partial charge in [0.1, 0.15) is 11.5 Å². The predicted octanol–water partition coefficient (Wildman–Crippen LogP) is 4.37. The monoisotopic (exact) mass is 428 g/mol. The van der Waals surface area contributed by atoms with Crippen molar-refractivity contribution in [3.05, 3.63) is 71.8 Å². The van der Waals surface area contributed by atoms with Gasteiger partial charge in [-0.3, -0.25) is 0 Å². The topological polar surface area (TPSA) is 54.0 Å². The van der Waals surface area contributed by atoms with Crippen LogP contribution >= 0.6 is 11.8 Å². The number of methoxy groups -OCH3 is 1. The molecule has 2 aliphatic rings. The minimum atomic E-state index is -0.644. The number of hydrogen-bond acceptors (Lipinski definition) is 6. The fraction of sp³-hybridized carbons (Fsp3) is 0.458. The lowest BCUT2D eigenvalue weighted by Crippen LogP contribution is -2.55. The minimum absolute atomic E-state index is 0.0924. The molecule has 0 spiro atoms. The maximum Gasteiger partial charge on any atom is 0.335 e. The number of ether oxygens (including phenoxy) is 4. The van der Waals surface area contributed by atoms with Gasteiger partial charge in [0.05, 0.1) is 25.9 Å². The molecule has 30 heavy (non-hydrogen) atoms. The van der Waals surface area contributed by atoms with E-state index in [9.17, 15) is 4.79 Å². The molecule has 6 atom stereocenters. The molecule has 2 saturated heterocycles. The van der Waals surface area contributed by atoms with Gasteiger partial charge < -0.3 is 18.9 Å². The molecule has 4 rings (SSSR count). The van der Waals surface area contributed by atoms with Gasteiger partial charge in [-0.1, -0.05) is 67.6 Å². The summed E-state index contributed by atoms with van der Waals surface area (Å²) in [5, 5.41) is 0. The second-order valence-electron chi connectivity index (χ2n) is 7.56. The fourth-order valence-electron chi connectivity index (χ4n) is 4.29. The summed E-state index contributed by atoms with van der Waals surface area (Å²) in [5.74, 6) is 0.395. The van der Waals surface area contributed by atoms with Crippen molar-refractivity contribution in [3.63, 3.8) is 0 Å². The summed E-state index contributed by atoms with van der Waals surface area (Å²) >= 11 is 1.64. The Morgan fingerprint density at radius 2 is 1.77 bits per heavy atom. The van der Waals surface area contributed by atoms with Crippen molar-refractivity contribution in [1.29, 1.82) is 0 Å². The maximum absolute atomic E-state index is 12.5. The van der Waals surface area contributed by atoms with Gasteiger partial charge in [-0.15, -0.1) is 11.8 Å². The summed E-state index contributed by atoms with van der Waals surface area (Å²) in [6.07, 6.45) is -0.543. The lowest BCUT2D eigenvalue weighted by molar-refractivity contribution is -0.201. The highest BCUT2D eigenvalue weighted by atomic mass is 32.2. The van der Waals surface area contributed by atoms with Crippen LogP contribution in [-0.4, -0.2) is 42.6 Å². The van der Waals surface area contributed by atoms with E-state index in [2.05, 4.69) is 19.1 Å². The zero-order valence-corrected chi connectivity index (χ0v) is 18.1. The first-order chi connectivity index (χ1) is 14.7. The highest BCUT2D eigenvalue weighted by Crippen LogP contribution is 2.47. The molecule has 0 saturated carbocycles. The number of thioether (sulfide) groups is 1. The van der Waals surface area contributed by atoms with Crippen molar-refractivity contribution in [3.8, 4) is 0 Å². The Balaban J connectivity index is 1.59. The Labute approximate surface area is 182 Å². The minimum Gasteiger partial charge on any atom is -0.467 e. The quantitative estimate of drug-likeness (QED) is 0.611. The Kier molecular flexibility index (Phi) is 7.10. The van der Waals surface area contributed by atoms with Crippen LogP contribution in [0.4, 0.5) is 0 Å². The second kappa shape index (κ2) is 9.96. The van der Waals surface area contributed by atoms with Crippen LogP contribution in [0, 0.1) is 5.92 Å². The average Bonchev–Trinajstić information content (AvgIpc) is 3.24. The van der Waals surface area contributed by atoms with Crippen molar-refractivity contribution in [1.82, 2.24) is 0 Å². The molecule has 0 radical (unpaired) electrons. The van der Waals surface area contributed by atoms with Crippen molar-refractivity contribution in [2.24, 2.45) is 5.92 Å². The van der Waals surface area contributed by atoms with Gasteiger partial charge in [-0.2, -0.15) is 0 Å². The first kappa shape index (κ1) is 21.4. The van der Waals surface area contributed by atoms with Crippen LogP contribution < -0.4 is 0 Å². The van der Waals surface area contributed by atoms with E-state index >= 15 is 0 Å². The number of fused-ring (bicyclic) bond motifs is 1. The molecule has 2 aromatic rings. The SMILES string of the molecule is CCSC1OC(C(=O)OC)C2C[C@H](c3ccccc3)OC2C1OCc1ccccc1. The third-order valence-electron chi connectivity index (χ3n) is 5.71. The van der Waals surface area contributed by atoms with E-state index in [4.69, 9.17) is 18.9 Å². The van der Waals surface area contributed by atoms with Crippen LogP contribution in [-0.2, 0) is 30.3 Å². The number of hydrogen-bond donors (Lipinski definition) is 0. The number of rotatable bonds is 7. The van der Waals surface area contributed by atoms with Gasteiger partial charge in [0.15, 0.2) is 6.10 Å². The van der Waals surface area contributed by atoms with Crippen LogP contribution in [0.15, 0.2) is 60.7 Å². The molecule has 5 unspecified atom stereocenters. The molecule has 0 aromatic heterocycles. The normalized spacial score (nSPS) is 30.6. The zero-order chi connectivity index (χ0) is 20.9. The third kappa shape index (κ3) is 4.57. The standard InChI is InChI=1S/C24H28O5S/c1-3-30-24-22(27-15-16-10-6-4-7-11-16)20-18(21(29-24)23(25)26-2)14-19(28-20)17-12-8-5-9-13-17/h4-13,18-22,24H,3,14-15H2,1-2H3/t18?,19-,20?,21?,22?,24?/m1/s1. The predicted molar refractivity (Wildman–Crippen MR) is 116 cm³/mol. The summed E-state index contributed by atoms with van der Waals surface area (Å²) in [6.45, 7) is 2.55. The molecule has 5 nitrogen and oxygen atoms in total. The second-order valence-corrected chi connectivity index (χ2v) is 8.94. The van der Waals surface area contributed by atoms with E-state index in [0.717, 1.165) is 16.9 Å². The van der Waals surface area contributed by atoms with E-state index < -0.39 is 6.10 Å². The Hall–Kier alpha value is -1.86. The molecule has 6 heteroatoms. The third-order valence-corrected chi connectivity index (χ3v) is 6.75. The lowest BCUT2D eigenvalue weighted by Gasteiger charge is -2.41. The molecule has 160 valence electrons. The number of benzene rings is 2. The van der Waals surface area contributed by atoms with Crippen molar-refractivity contribution >= 4 is 17.7 Å². The molecule has 0 aliphatic carbocycles. The van der Waals surface area contributed by atoms with Crippen LogP contribution in [0.25, 0.3) is 0 Å². The summed E-state index contributed by atoms with van der Waals surface area (Å²) in [5.41, 5.74) is 1.91. The van der Waals surface area contributed by atoms with Crippen LogP contribution in [0.2, 0.25) is 0 Å². The first-order valence-electron chi connectivity index (χ1n) is 10.4. The lowest BCUT2D eigenvalue weighted by atomic mass is 9.87. The number of carbonyl (C=O) groups is 1. The largest absolute Gasteiger partial charge is 0.467 e. The van der Waals surface area contributed by atoms with Gasteiger partial charge in [0.25, 0.3) is 0 Å². The average molecular weight is 429 g/mol. The van der Waals surface area contributed by atoms with Crippen molar-refractivity contribution < 1.29 is 23.7 Å². The number of carbonyl (C=O) groups excluding carboxylic acids is 1. The van der Waals surface area contributed by atoms with Gasteiger partial charge >= 0.3 is 5.97 Å². The molecule has 2 aromatic carbocycles. The Morgan fingerprint density at radius 1 is 1.07 bits per heavy atom. The molecule has 0 N–H and O–H groups in total. The Morgan fingerprint density at radius 3 is 2.43 bits per heavy atom. The molecule has 2 fully saturated rings. The van der Waals surface area contributed by atoms with E-state index in [1.165, 1.54) is 7.11 Å². The van der Waals surface area contributed by atoms with Crippen molar-refractivity contribution in [2.75, 3.05) is 12.9 Å². The van der Waals surface area contributed by atoms with E-state index in [1.54, 1.807) is 11.8 Å². The smallest absolute Gasteiger partial charge is 0.335 e. The highest BCUT2D eigenvalue weighted by Gasteiger charge is 2.55. The van der Waals surface area contributed by atoms with Crippen LogP contribution in [0.3, 0.4) is 0 Å².